The quantitative estimate of drug-likeness (QED) is 0.310. The Balaban J connectivity index is 1.20. The number of thioether (sulfide) groups is 1. The summed E-state index contributed by atoms with van der Waals surface area (Å²) in [6.07, 6.45) is 1.50. The highest BCUT2D eigenvalue weighted by Gasteiger charge is 2.22. The minimum atomic E-state index is 0.105. The molecule has 0 atom stereocenters. The van der Waals surface area contributed by atoms with Gasteiger partial charge in [-0.15, -0.1) is 5.10 Å². The van der Waals surface area contributed by atoms with Crippen molar-refractivity contribution in [1.82, 2.24) is 29.9 Å². The zero-order valence-corrected chi connectivity index (χ0v) is 19.4. The molecule has 168 valence electrons. The lowest BCUT2D eigenvalue weighted by atomic mass is 10.2. The van der Waals surface area contributed by atoms with Gasteiger partial charge in [-0.3, -0.25) is 4.79 Å². The van der Waals surface area contributed by atoms with Crippen molar-refractivity contribution in [2.45, 2.75) is 11.6 Å². The number of para-hydroxylation sites is 1. The molecule has 4 aromatic rings. The maximum absolute atomic E-state index is 12.8. The molecule has 5 rings (SSSR count). The SMILES string of the molecule is O=C(CSc1ncnc2c1nnn2Cc1ccc(Cl)cc1)N1CCN(c2ccccc2)CC1. The molecule has 1 saturated heterocycles. The van der Waals surface area contributed by atoms with Crippen molar-refractivity contribution in [2.24, 2.45) is 0 Å². The lowest BCUT2D eigenvalue weighted by Crippen LogP contribution is -2.49. The van der Waals surface area contributed by atoms with E-state index in [2.05, 4.69) is 37.3 Å². The fourth-order valence-corrected chi connectivity index (χ4v) is 4.78. The molecule has 0 radical (unpaired) electrons. The molecule has 0 aliphatic carbocycles. The van der Waals surface area contributed by atoms with E-state index >= 15 is 0 Å². The lowest BCUT2D eigenvalue weighted by molar-refractivity contribution is -0.128. The van der Waals surface area contributed by atoms with Gasteiger partial charge in [-0.2, -0.15) is 0 Å². The Morgan fingerprint density at radius 3 is 2.48 bits per heavy atom. The van der Waals surface area contributed by atoms with Gasteiger partial charge >= 0.3 is 0 Å². The zero-order chi connectivity index (χ0) is 22.6. The zero-order valence-electron chi connectivity index (χ0n) is 17.8. The van der Waals surface area contributed by atoms with Gasteiger partial charge in [0.2, 0.25) is 5.91 Å². The fourth-order valence-electron chi connectivity index (χ4n) is 3.82. The van der Waals surface area contributed by atoms with E-state index < -0.39 is 0 Å². The molecule has 0 spiro atoms. The van der Waals surface area contributed by atoms with Crippen molar-refractivity contribution in [3.8, 4) is 0 Å². The van der Waals surface area contributed by atoms with E-state index in [-0.39, 0.29) is 5.91 Å². The van der Waals surface area contributed by atoms with Crippen molar-refractivity contribution >= 4 is 46.1 Å². The third-order valence-electron chi connectivity index (χ3n) is 5.60. The van der Waals surface area contributed by atoms with Gasteiger partial charge in [0.25, 0.3) is 0 Å². The van der Waals surface area contributed by atoms with E-state index in [4.69, 9.17) is 11.6 Å². The smallest absolute Gasteiger partial charge is 0.233 e. The predicted molar refractivity (Wildman–Crippen MR) is 130 cm³/mol. The van der Waals surface area contributed by atoms with Crippen molar-refractivity contribution in [1.29, 1.82) is 0 Å². The van der Waals surface area contributed by atoms with Crippen LogP contribution in [0, 0.1) is 0 Å². The van der Waals surface area contributed by atoms with Crippen LogP contribution in [0.5, 0.6) is 0 Å². The predicted octanol–water partition coefficient (Wildman–Crippen LogP) is 3.36. The van der Waals surface area contributed by atoms with E-state index in [1.165, 1.54) is 23.8 Å². The van der Waals surface area contributed by atoms with E-state index in [0.717, 1.165) is 18.7 Å². The number of hydrogen-bond acceptors (Lipinski definition) is 7. The Bertz CT molecular complexity index is 1240. The number of halogens is 1. The second-order valence-corrected chi connectivity index (χ2v) is 9.12. The van der Waals surface area contributed by atoms with Crippen LogP contribution in [0.3, 0.4) is 0 Å². The summed E-state index contributed by atoms with van der Waals surface area (Å²) in [4.78, 5) is 25.7. The molecule has 2 aromatic heterocycles. The molecule has 1 amide bonds. The largest absolute Gasteiger partial charge is 0.368 e. The normalized spacial score (nSPS) is 14.1. The number of carbonyl (C=O) groups excluding carboxylic acids is 1. The highest BCUT2D eigenvalue weighted by molar-refractivity contribution is 8.00. The maximum Gasteiger partial charge on any atom is 0.233 e. The van der Waals surface area contributed by atoms with Gasteiger partial charge in [-0.25, -0.2) is 14.6 Å². The minimum Gasteiger partial charge on any atom is -0.368 e. The Morgan fingerprint density at radius 1 is 0.970 bits per heavy atom. The molecule has 0 saturated carbocycles. The van der Waals surface area contributed by atoms with Crippen molar-refractivity contribution < 1.29 is 4.79 Å². The maximum atomic E-state index is 12.8. The van der Waals surface area contributed by atoms with Crippen molar-refractivity contribution in [3.05, 3.63) is 71.5 Å². The summed E-state index contributed by atoms with van der Waals surface area (Å²) in [5.74, 6) is 0.412. The van der Waals surface area contributed by atoms with E-state index in [1.807, 2.05) is 47.4 Å². The molecule has 0 bridgehead atoms. The standard InChI is InChI=1S/C23H22ClN7OS/c24-18-8-6-17(7-9-18)14-31-22-21(27-28-31)23(26-16-25-22)33-15-20(32)30-12-10-29(11-13-30)19-4-2-1-3-5-19/h1-9,16H,10-15H2. The van der Waals surface area contributed by atoms with Gasteiger partial charge in [0, 0.05) is 36.9 Å². The molecule has 1 aliphatic rings. The van der Waals surface area contributed by atoms with Gasteiger partial charge in [0.15, 0.2) is 11.2 Å². The summed E-state index contributed by atoms with van der Waals surface area (Å²) in [6.45, 7) is 3.61. The van der Waals surface area contributed by atoms with E-state index in [9.17, 15) is 4.79 Å². The number of carbonyl (C=O) groups is 1. The van der Waals surface area contributed by atoms with E-state index in [0.29, 0.717) is 46.6 Å². The Labute approximate surface area is 200 Å². The summed E-state index contributed by atoms with van der Waals surface area (Å²) in [7, 11) is 0. The average Bonchev–Trinajstić information content (AvgIpc) is 3.28. The summed E-state index contributed by atoms with van der Waals surface area (Å²) in [5, 5.41) is 9.88. The number of nitrogens with zero attached hydrogens (tertiary/aromatic N) is 7. The first-order valence-corrected chi connectivity index (χ1v) is 12.0. The average molecular weight is 480 g/mol. The van der Waals surface area contributed by atoms with Crippen LogP contribution in [0.1, 0.15) is 5.56 Å². The molecule has 0 N–H and O–H groups in total. The fraction of sp³-hybridized carbons (Fsp3) is 0.261. The highest BCUT2D eigenvalue weighted by atomic mass is 35.5. The second kappa shape index (κ2) is 9.76. The summed E-state index contributed by atoms with van der Waals surface area (Å²) >= 11 is 7.35. The van der Waals surface area contributed by atoms with Gasteiger partial charge in [-0.05, 0) is 29.8 Å². The van der Waals surface area contributed by atoms with Crippen LogP contribution >= 0.6 is 23.4 Å². The summed E-state index contributed by atoms with van der Waals surface area (Å²) in [6, 6.07) is 17.9. The Hall–Kier alpha value is -3.17. The van der Waals surface area contributed by atoms with Crippen LogP contribution in [-0.2, 0) is 11.3 Å². The molecule has 3 heterocycles. The molecule has 8 nitrogen and oxygen atoms in total. The first-order chi connectivity index (χ1) is 16.2. The molecule has 33 heavy (non-hydrogen) atoms. The Kier molecular flexibility index (Phi) is 6.41. The first kappa shape index (κ1) is 21.7. The summed E-state index contributed by atoms with van der Waals surface area (Å²) in [5.41, 5.74) is 3.50. The summed E-state index contributed by atoms with van der Waals surface area (Å²) < 4.78 is 1.73. The third-order valence-corrected chi connectivity index (χ3v) is 6.81. The lowest BCUT2D eigenvalue weighted by Gasteiger charge is -2.36. The van der Waals surface area contributed by atoms with Gasteiger partial charge in [-0.1, -0.05) is 58.9 Å². The van der Waals surface area contributed by atoms with Crippen LogP contribution in [0.25, 0.3) is 11.2 Å². The molecule has 0 unspecified atom stereocenters. The van der Waals surface area contributed by atoms with Gasteiger partial charge in [0.05, 0.1) is 12.3 Å². The number of benzene rings is 2. The van der Waals surface area contributed by atoms with Crippen LogP contribution < -0.4 is 4.90 Å². The molecule has 1 aliphatic heterocycles. The highest BCUT2D eigenvalue weighted by Crippen LogP contribution is 2.24. The van der Waals surface area contributed by atoms with Crippen molar-refractivity contribution in [3.63, 3.8) is 0 Å². The van der Waals surface area contributed by atoms with Crippen LogP contribution in [0.4, 0.5) is 5.69 Å². The number of amides is 1. The molecule has 2 aromatic carbocycles. The van der Waals surface area contributed by atoms with Gasteiger partial charge in [0.1, 0.15) is 11.4 Å². The van der Waals surface area contributed by atoms with E-state index in [1.54, 1.807) is 4.68 Å². The van der Waals surface area contributed by atoms with Crippen LogP contribution in [0.2, 0.25) is 5.02 Å². The van der Waals surface area contributed by atoms with Gasteiger partial charge < -0.3 is 9.80 Å². The minimum absolute atomic E-state index is 0.105. The monoisotopic (exact) mass is 479 g/mol. The molecular formula is C23H22ClN7OS. The number of piperazine rings is 1. The van der Waals surface area contributed by atoms with Crippen LogP contribution in [-0.4, -0.2) is 67.7 Å². The number of anilines is 1. The molecular weight excluding hydrogens is 458 g/mol. The third kappa shape index (κ3) is 4.94. The molecule has 1 fully saturated rings. The number of rotatable bonds is 6. The van der Waals surface area contributed by atoms with Crippen LogP contribution in [0.15, 0.2) is 66.0 Å². The van der Waals surface area contributed by atoms with Crippen molar-refractivity contribution in [2.75, 3.05) is 36.8 Å². The first-order valence-electron chi connectivity index (χ1n) is 10.7. The topological polar surface area (TPSA) is 80.0 Å². The molecule has 10 heteroatoms. The number of aromatic nitrogens is 5. The number of fused-ring (bicyclic) bond motifs is 1. The Morgan fingerprint density at radius 2 is 1.73 bits per heavy atom. The second-order valence-electron chi connectivity index (χ2n) is 7.72. The number of hydrogen-bond donors (Lipinski definition) is 0.